The molecular formula is C17H20FN3OS. The van der Waals surface area contributed by atoms with E-state index in [0.717, 1.165) is 36.4 Å². The van der Waals surface area contributed by atoms with Gasteiger partial charge in [0.05, 0.1) is 0 Å². The van der Waals surface area contributed by atoms with Crippen molar-refractivity contribution in [2.45, 2.75) is 38.3 Å². The zero-order chi connectivity index (χ0) is 16.4. The first kappa shape index (κ1) is 16.1. The van der Waals surface area contributed by atoms with Crippen molar-refractivity contribution in [2.75, 3.05) is 6.54 Å². The molecule has 1 amide bonds. The van der Waals surface area contributed by atoms with Crippen molar-refractivity contribution in [2.24, 2.45) is 5.73 Å². The predicted molar refractivity (Wildman–Crippen MR) is 89.8 cm³/mol. The number of piperidine rings is 1. The lowest BCUT2D eigenvalue weighted by molar-refractivity contribution is 0.0578. The lowest BCUT2D eigenvalue weighted by atomic mass is 9.96. The molecule has 1 fully saturated rings. The summed E-state index contributed by atoms with van der Waals surface area (Å²) in [6, 6.07) is 6.17. The largest absolute Gasteiger partial charge is 0.333 e. The van der Waals surface area contributed by atoms with Crippen LogP contribution in [0.25, 0.3) is 10.6 Å². The molecule has 2 heterocycles. The third kappa shape index (κ3) is 3.43. The third-order valence-corrected chi connectivity index (χ3v) is 5.12. The molecule has 1 aromatic carbocycles. The van der Waals surface area contributed by atoms with E-state index in [4.69, 9.17) is 5.73 Å². The molecule has 2 atom stereocenters. The van der Waals surface area contributed by atoms with Gasteiger partial charge in [0.15, 0.2) is 0 Å². The van der Waals surface area contributed by atoms with Crippen LogP contribution >= 0.6 is 11.3 Å². The summed E-state index contributed by atoms with van der Waals surface area (Å²) in [5.74, 6) is -0.341. The molecule has 1 aromatic heterocycles. The first-order valence-electron chi connectivity index (χ1n) is 7.84. The summed E-state index contributed by atoms with van der Waals surface area (Å²) >= 11 is 1.40. The van der Waals surface area contributed by atoms with Gasteiger partial charge in [-0.3, -0.25) is 4.79 Å². The Morgan fingerprint density at radius 1 is 1.39 bits per heavy atom. The molecule has 1 saturated heterocycles. The lowest BCUT2D eigenvalue weighted by Crippen LogP contribution is -2.51. The molecule has 4 nitrogen and oxygen atoms in total. The smallest absolute Gasteiger partial charge is 0.273 e. The Labute approximate surface area is 139 Å². The van der Waals surface area contributed by atoms with Gasteiger partial charge in [0.2, 0.25) is 0 Å². The van der Waals surface area contributed by atoms with E-state index in [2.05, 4.69) is 4.98 Å². The Hall–Kier alpha value is -1.79. The highest BCUT2D eigenvalue weighted by Gasteiger charge is 2.30. The van der Waals surface area contributed by atoms with E-state index in [9.17, 15) is 9.18 Å². The normalized spacial score (nSPS) is 19.6. The van der Waals surface area contributed by atoms with Crippen molar-refractivity contribution in [3.8, 4) is 10.6 Å². The number of benzene rings is 1. The third-order valence-electron chi connectivity index (χ3n) is 4.23. The van der Waals surface area contributed by atoms with Gasteiger partial charge in [-0.25, -0.2) is 9.37 Å². The number of likely N-dealkylation sites (tertiary alicyclic amines) is 1. The van der Waals surface area contributed by atoms with Gasteiger partial charge >= 0.3 is 0 Å². The van der Waals surface area contributed by atoms with Crippen molar-refractivity contribution in [1.82, 2.24) is 9.88 Å². The molecular weight excluding hydrogens is 313 g/mol. The van der Waals surface area contributed by atoms with Gasteiger partial charge in [0.25, 0.3) is 5.91 Å². The van der Waals surface area contributed by atoms with Crippen LogP contribution in [0.1, 0.15) is 36.7 Å². The molecule has 23 heavy (non-hydrogen) atoms. The Morgan fingerprint density at radius 2 is 2.13 bits per heavy atom. The minimum absolute atomic E-state index is 0.0468. The van der Waals surface area contributed by atoms with Crippen LogP contribution in [0.3, 0.4) is 0 Å². The van der Waals surface area contributed by atoms with E-state index in [1.807, 2.05) is 11.8 Å². The maximum atomic E-state index is 13.0. The van der Waals surface area contributed by atoms with Crippen LogP contribution in [-0.2, 0) is 0 Å². The first-order valence-corrected chi connectivity index (χ1v) is 8.72. The van der Waals surface area contributed by atoms with Gasteiger partial charge in [-0.05, 0) is 50.5 Å². The summed E-state index contributed by atoms with van der Waals surface area (Å²) in [6.07, 6.45) is 3.05. The molecule has 0 radical (unpaired) electrons. The van der Waals surface area contributed by atoms with Crippen molar-refractivity contribution in [3.63, 3.8) is 0 Å². The standard InChI is InChI=1S/C17H20FN3OS/c1-11(19)15-4-2-3-9-21(15)17(22)14-10-23-16(20-14)12-5-7-13(18)8-6-12/h5-8,10-11,15H,2-4,9,19H2,1H3. The monoisotopic (exact) mass is 333 g/mol. The van der Waals surface area contributed by atoms with Crippen molar-refractivity contribution < 1.29 is 9.18 Å². The van der Waals surface area contributed by atoms with Gasteiger partial charge in [-0.15, -0.1) is 11.3 Å². The molecule has 2 N–H and O–H groups in total. The molecule has 2 unspecified atom stereocenters. The van der Waals surface area contributed by atoms with Gasteiger partial charge < -0.3 is 10.6 Å². The maximum Gasteiger partial charge on any atom is 0.273 e. The number of nitrogens with zero attached hydrogens (tertiary/aromatic N) is 2. The summed E-state index contributed by atoms with van der Waals surface area (Å²) in [6.45, 7) is 2.68. The van der Waals surface area contributed by atoms with E-state index in [1.165, 1.54) is 23.5 Å². The summed E-state index contributed by atoms with van der Waals surface area (Å²) < 4.78 is 13.0. The summed E-state index contributed by atoms with van der Waals surface area (Å²) in [4.78, 5) is 19.1. The van der Waals surface area contributed by atoms with Crippen molar-refractivity contribution >= 4 is 17.2 Å². The second kappa shape index (κ2) is 6.76. The minimum atomic E-state index is -0.283. The molecule has 1 aliphatic heterocycles. The molecule has 0 bridgehead atoms. The number of amides is 1. The molecule has 2 aromatic rings. The fraction of sp³-hybridized carbons (Fsp3) is 0.412. The van der Waals surface area contributed by atoms with E-state index in [-0.39, 0.29) is 23.8 Å². The fourth-order valence-electron chi connectivity index (χ4n) is 3.00. The minimum Gasteiger partial charge on any atom is -0.333 e. The molecule has 0 aliphatic carbocycles. The fourth-order valence-corrected chi connectivity index (χ4v) is 3.80. The molecule has 3 rings (SSSR count). The van der Waals surface area contributed by atoms with Crippen LogP contribution < -0.4 is 5.73 Å². The Kier molecular flexibility index (Phi) is 4.73. The summed E-state index contributed by atoms with van der Waals surface area (Å²) in [7, 11) is 0. The van der Waals surface area contributed by atoms with Crippen molar-refractivity contribution in [1.29, 1.82) is 0 Å². The number of carbonyl (C=O) groups is 1. The molecule has 122 valence electrons. The summed E-state index contributed by atoms with van der Waals surface area (Å²) in [5, 5.41) is 2.50. The Bertz CT molecular complexity index is 683. The number of nitrogens with two attached hydrogens (primary N) is 1. The predicted octanol–water partition coefficient (Wildman–Crippen LogP) is 3.29. The van der Waals surface area contributed by atoms with E-state index in [0.29, 0.717) is 5.69 Å². The van der Waals surface area contributed by atoms with Gasteiger partial charge in [-0.1, -0.05) is 0 Å². The van der Waals surface area contributed by atoms with Crippen LogP contribution in [0.4, 0.5) is 4.39 Å². The topological polar surface area (TPSA) is 59.2 Å². The van der Waals surface area contributed by atoms with Crippen LogP contribution in [0.15, 0.2) is 29.6 Å². The maximum absolute atomic E-state index is 13.0. The van der Waals surface area contributed by atoms with Crippen LogP contribution in [0, 0.1) is 5.82 Å². The van der Waals surface area contributed by atoms with Crippen molar-refractivity contribution in [3.05, 3.63) is 41.2 Å². The zero-order valence-corrected chi connectivity index (χ0v) is 13.9. The highest BCUT2D eigenvalue weighted by Crippen LogP contribution is 2.26. The number of halogens is 1. The highest BCUT2D eigenvalue weighted by molar-refractivity contribution is 7.13. The quantitative estimate of drug-likeness (QED) is 0.937. The van der Waals surface area contributed by atoms with Gasteiger partial charge in [0, 0.05) is 29.6 Å². The summed E-state index contributed by atoms with van der Waals surface area (Å²) in [5.41, 5.74) is 7.30. The average Bonchev–Trinajstić information content (AvgIpc) is 3.04. The molecule has 0 saturated carbocycles. The van der Waals surface area contributed by atoms with E-state index < -0.39 is 0 Å². The first-order chi connectivity index (χ1) is 11.1. The van der Waals surface area contributed by atoms with Crippen LogP contribution in [0.2, 0.25) is 0 Å². The number of thiazole rings is 1. The Morgan fingerprint density at radius 3 is 2.83 bits per heavy atom. The SMILES string of the molecule is CC(N)C1CCCCN1C(=O)c1csc(-c2ccc(F)cc2)n1. The second-order valence-electron chi connectivity index (χ2n) is 5.97. The van der Waals surface area contributed by atoms with Gasteiger partial charge in [-0.2, -0.15) is 0 Å². The van der Waals surface area contributed by atoms with Crippen LogP contribution in [-0.4, -0.2) is 34.4 Å². The lowest BCUT2D eigenvalue weighted by Gasteiger charge is -2.37. The molecule has 1 aliphatic rings. The van der Waals surface area contributed by atoms with Crippen LogP contribution in [0.5, 0.6) is 0 Å². The Balaban J connectivity index is 1.81. The number of aromatic nitrogens is 1. The molecule has 0 spiro atoms. The number of rotatable bonds is 3. The molecule has 6 heteroatoms. The zero-order valence-electron chi connectivity index (χ0n) is 13.0. The highest BCUT2D eigenvalue weighted by atomic mass is 32.1. The van der Waals surface area contributed by atoms with E-state index in [1.54, 1.807) is 17.5 Å². The number of carbonyl (C=O) groups excluding carboxylic acids is 1. The average molecular weight is 333 g/mol. The van der Waals surface area contributed by atoms with E-state index >= 15 is 0 Å². The second-order valence-corrected chi connectivity index (χ2v) is 6.82. The van der Waals surface area contributed by atoms with Gasteiger partial charge in [0.1, 0.15) is 16.5 Å². The number of hydrogen-bond acceptors (Lipinski definition) is 4. The number of hydrogen-bond donors (Lipinski definition) is 1.